The van der Waals surface area contributed by atoms with E-state index in [2.05, 4.69) is 0 Å². The highest BCUT2D eigenvalue weighted by molar-refractivity contribution is 7.98. The van der Waals surface area contributed by atoms with Crippen molar-refractivity contribution in [3.05, 3.63) is 29.3 Å². The van der Waals surface area contributed by atoms with Gasteiger partial charge in [0.1, 0.15) is 5.82 Å². The van der Waals surface area contributed by atoms with E-state index in [0.717, 1.165) is 24.3 Å². The van der Waals surface area contributed by atoms with E-state index < -0.39 is 17.5 Å². The SMILES string of the molecule is CSCCC(C)N(C)C(=O)c1cc(F)cc(N)c1F. The summed E-state index contributed by atoms with van der Waals surface area (Å²) in [6.07, 6.45) is 2.76. The van der Waals surface area contributed by atoms with Gasteiger partial charge >= 0.3 is 0 Å². The molecule has 106 valence electrons. The van der Waals surface area contributed by atoms with Crippen LogP contribution in [0.5, 0.6) is 0 Å². The monoisotopic (exact) mass is 288 g/mol. The number of benzene rings is 1. The first-order valence-electron chi connectivity index (χ1n) is 5.89. The van der Waals surface area contributed by atoms with E-state index in [1.165, 1.54) is 4.90 Å². The Morgan fingerprint density at radius 3 is 2.68 bits per heavy atom. The summed E-state index contributed by atoms with van der Waals surface area (Å²) in [7, 11) is 1.58. The summed E-state index contributed by atoms with van der Waals surface area (Å²) in [5.41, 5.74) is 4.65. The van der Waals surface area contributed by atoms with E-state index in [1.54, 1.807) is 18.8 Å². The average Bonchev–Trinajstić information content (AvgIpc) is 2.38. The molecule has 3 nitrogen and oxygen atoms in total. The van der Waals surface area contributed by atoms with Crippen LogP contribution in [0.3, 0.4) is 0 Å². The molecule has 1 unspecified atom stereocenters. The summed E-state index contributed by atoms with van der Waals surface area (Å²) in [6.45, 7) is 1.87. The summed E-state index contributed by atoms with van der Waals surface area (Å²) < 4.78 is 27.0. The number of carbonyl (C=O) groups is 1. The van der Waals surface area contributed by atoms with E-state index in [9.17, 15) is 13.6 Å². The molecule has 1 atom stereocenters. The number of carbonyl (C=O) groups excluding carboxylic acids is 1. The third kappa shape index (κ3) is 3.83. The van der Waals surface area contributed by atoms with Gasteiger partial charge in [-0.15, -0.1) is 0 Å². The zero-order valence-corrected chi connectivity index (χ0v) is 12.1. The van der Waals surface area contributed by atoms with Gasteiger partial charge in [0.2, 0.25) is 0 Å². The number of rotatable bonds is 5. The highest BCUT2D eigenvalue weighted by atomic mass is 32.2. The number of nitrogens with zero attached hydrogens (tertiary/aromatic N) is 1. The van der Waals surface area contributed by atoms with Gasteiger partial charge in [-0.1, -0.05) is 0 Å². The van der Waals surface area contributed by atoms with Gasteiger partial charge in [-0.2, -0.15) is 11.8 Å². The Labute approximate surface area is 116 Å². The third-order valence-corrected chi connectivity index (χ3v) is 3.66. The zero-order chi connectivity index (χ0) is 14.6. The van der Waals surface area contributed by atoms with Crippen LogP contribution in [0.15, 0.2) is 12.1 Å². The van der Waals surface area contributed by atoms with E-state index in [0.29, 0.717) is 0 Å². The van der Waals surface area contributed by atoms with E-state index in [1.807, 2.05) is 13.2 Å². The minimum Gasteiger partial charge on any atom is -0.396 e. The predicted molar refractivity (Wildman–Crippen MR) is 75.3 cm³/mol. The molecule has 0 aliphatic heterocycles. The van der Waals surface area contributed by atoms with Gasteiger partial charge in [-0.05, 0) is 37.5 Å². The van der Waals surface area contributed by atoms with Crippen LogP contribution in [0.4, 0.5) is 14.5 Å². The Kier molecular flexibility index (Phi) is 5.60. The van der Waals surface area contributed by atoms with Gasteiger partial charge in [0.15, 0.2) is 5.82 Å². The molecular weight excluding hydrogens is 270 g/mol. The van der Waals surface area contributed by atoms with Gasteiger partial charge in [0.05, 0.1) is 11.3 Å². The van der Waals surface area contributed by atoms with E-state index >= 15 is 0 Å². The maximum Gasteiger partial charge on any atom is 0.256 e. The van der Waals surface area contributed by atoms with Crippen LogP contribution in [0.25, 0.3) is 0 Å². The van der Waals surface area contributed by atoms with E-state index in [4.69, 9.17) is 5.73 Å². The molecule has 0 bridgehead atoms. The lowest BCUT2D eigenvalue weighted by Crippen LogP contribution is -2.36. The first kappa shape index (κ1) is 15.8. The predicted octanol–water partition coefficient (Wildman–Crippen LogP) is 2.76. The molecule has 0 spiro atoms. The quantitative estimate of drug-likeness (QED) is 0.847. The lowest BCUT2D eigenvalue weighted by atomic mass is 10.1. The minimum atomic E-state index is -0.865. The smallest absolute Gasteiger partial charge is 0.256 e. The molecule has 1 aromatic rings. The number of thioether (sulfide) groups is 1. The van der Waals surface area contributed by atoms with Crippen molar-refractivity contribution in [2.75, 3.05) is 24.8 Å². The molecule has 0 radical (unpaired) electrons. The molecule has 0 aromatic heterocycles. The number of nitrogen functional groups attached to an aromatic ring is 1. The number of amides is 1. The zero-order valence-electron chi connectivity index (χ0n) is 11.2. The molecule has 0 aliphatic carbocycles. The molecule has 0 saturated carbocycles. The standard InChI is InChI=1S/C13H18F2N2OS/c1-8(4-5-19-3)17(2)13(18)10-6-9(14)7-11(16)12(10)15/h6-8H,4-5,16H2,1-3H3. The van der Waals surface area contributed by atoms with Crippen LogP contribution in [0, 0.1) is 11.6 Å². The van der Waals surface area contributed by atoms with Crippen LogP contribution < -0.4 is 5.73 Å². The second-order valence-electron chi connectivity index (χ2n) is 4.40. The highest BCUT2D eigenvalue weighted by Gasteiger charge is 2.22. The minimum absolute atomic E-state index is 0.0520. The van der Waals surface area contributed by atoms with Crippen molar-refractivity contribution in [1.29, 1.82) is 0 Å². The fraction of sp³-hybridized carbons (Fsp3) is 0.462. The normalized spacial score (nSPS) is 12.3. The second-order valence-corrected chi connectivity index (χ2v) is 5.39. The third-order valence-electron chi connectivity index (χ3n) is 3.02. The summed E-state index contributed by atoms with van der Waals surface area (Å²) in [5.74, 6) is -1.24. The van der Waals surface area contributed by atoms with Crippen molar-refractivity contribution in [2.24, 2.45) is 0 Å². The molecule has 0 fully saturated rings. The first-order valence-corrected chi connectivity index (χ1v) is 7.28. The Morgan fingerprint density at radius 1 is 1.47 bits per heavy atom. The Bertz CT molecular complexity index is 468. The number of hydrogen-bond acceptors (Lipinski definition) is 3. The van der Waals surface area contributed by atoms with Gasteiger partial charge in [-0.3, -0.25) is 4.79 Å². The molecule has 2 N–H and O–H groups in total. The number of nitrogens with two attached hydrogens (primary N) is 1. The number of anilines is 1. The van der Waals surface area contributed by atoms with Crippen LogP contribution in [-0.4, -0.2) is 35.9 Å². The summed E-state index contributed by atoms with van der Waals surface area (Å²) in [5, 5.41) is 0. The molecule has 1 aromatic carbocycles. The lowest BCUT2D eigenvalue weighted by molar-refractivity contribution is 0.0736. The van der Waals surface area contributed by atoms with Crippen LogP contribution in [-0.2, 0) is 0 Å². The maximum absolute atomic E-state index is 13.8. The van der Waals surface area contributed by atoms with Crippen molar-refractivity contribution in [3.8, 4) is 0 Å². The fourth-order valence-electron chi connectivity index (χ4n) is 1.64. The molecular formula is C13H18F2N2OS. The Morgan fingerprint density at radius 2 is 2.11 bits per heavy atom. The number of hydrogen-bond donors (Lipinski definition) is 1. The van der Waals surface area contributed by atoms with Gasteiger partial charge in [0, 0.05) is 13.1 Å². The molecule has 19 heavy (non-hydrogen) atoms. The van der Waals surface area contributed by atoms with Crippen LogP contribution >= 0.6 is 11.8 Å². The van der Waals surface area contributed by atoms with Gasteiger partial charge in [-0.25, -0.2) is 8.78 Å². The molecule has 0 aliphatic rings. The van der Waals surface area contributed by atoms with Crippen molar-refractivity contribution >= 4 is 23.4 Å². The average molecular weight is 288 g/mol. The Balaban J connectivity index is 2.94. The maximum atomic E-state index is 13.8. The van der Waals surface area contributed by atoms with Crippen molar-refractivity contribution in [3.63, 3.8) is 0 Å². The molecule has 0 saturated heterocycles. The van der Waals surface area contributed by atoms with Gasteiger partial charge in [0.25, 0.3) is 5.91 Å². The largest absolute Gasteiger partial charge is 0.396 e. The van der Waals surface area contributed by atoms with Crippen LogP contribution in [0.1, 0.15) is 23.7 Å². The van der Waals surface area contributed by atoms with Crippen LogP contribution in [0.2, 0.25) is 0 Å². The Hall–Kier alpha value is -1.30. The van der Waals surface area contributed by atoms with E-state index in [-0.39, 0.29) is 17.3 Å². The number of halogens is 2. The molecule has 6 heteroatoms. The summed E-state index contributed by atoms with van der Waals surface area (Å²) >= 11 is 1.67. The van der Waals surface area contributed by atoms with Crippen molar-refractivity contribution in [1.82, 2.24) is 4.90 Å². The highest BCUT2D eigenvalue weighted by Crippen LogP contribution is 2.20. The molecule has 0 heterocycles. The second kappa shape index (κ2) is 6.75. The summed E-state index contributed by atoms with van der Waals surface area (Å²) in [6, 6.07) is 1.69. The summed E-state index contributed by atoms with van der Waals surface area (Å²) in [4.78, 5) is 13.5. The van der Waals surface area contributed by atoms with Crippen molar-refractivity contribution in [2.45, 2.75) is 19.4 Å². The lowest BCUT2D eigenvalue weighted by Gasteiger charge is -2.25. The van der Waals surface area contributed by atoms with Crippen molar-refractivity contribution < 1.29 is 13.6 Å². The first-order chi connectivity index (χ1) is 8.88. The topological polar surface area (TPSA) is 46.3 Å². The fourth-order valence-corrected chi connectivity index (χ4v) is 2.21. The van der Waals surface area contributed by atoms with Gasteiger partial charge < -0.3 is 10.6 Å². The molecule has 1 rings (SSSR count). The molecule has 1 amide bonds.